The Hall–Kier alpha value is -1.35. The number of carbonyl (C=O) groups is 1. The number of carbonyl (C=O) groups excluding carboxylic acids is 1. The number of nitrogens with one attached hydrogen (secondary N) is 1. The van der Waals surface area contributed by atoms with Gasteiger partial charge in [0, 0.05) is 11.5 Å². The molecule has 1 unspecified atom stereocenters. The van der Waals surface area contributed by atoms with E-state index in [1.165, 1.54) is 5.56 Å². The third-order valence-electron chi connectivity index (χ3n) is 3.16. The highest BCUT2D eigenvalue weighted by atomic mass is 16.1. The standard InChI is InChI=1S/C13H20N2O/c1-10(15-12(16)9-14)13(2,3)11-7-5-4-6-8-11/h4-8,10H,9,14H2,1-3H3,(H,15,16). The molecule has 1 rings (SSSR count). The van der Waals surface area contributed by atoms with Gasteiger partial charge in [0.2, 0.25) is 5.91 Å². The largest absolute Gasteiger partial charge is 0.352 e. The molecule has 16 heavy (non-hydrogen) atoms. The van der Waals surface area contributed by atoms with Gasteiger partial charge in [0.05, 0.1) is 6.54 Å². The van der Waals surface area contributed by atoms with Gasteiger partial charge < -0.3 is 11.1 Å². The molecule has 3 nitrogen and oxygen atoms in total. The van der Waals surface area contributed by atoms with Gasteiger partial charge in [-0.3, -0.25) is 4.79 Å². The zero-order valence-corrected chi connectivity index (χ0v) is 10.2. The van der Waals surface area contributed by atoms with E-state index in [4.69, 9.17) is 5.73 Å². The van der Waals surface area contributed by atoms with Crippen LogP contribution in [0.25, 0.3) is 0 Å². The smallest absolute Gasteiger partial charge is 0.233 e. The Bertz CT molecular complexity index is 346. The molecule has 0 bridgehead atoms. The van der Waals surface area contributed by atoms with Crippen molar-refractivity contribution in [3.8, 4) is 0 Å². The summed E-state index contributed by atoms with van der Waals surface area (Å²) in [6.07, 6.45) is 0. The highest BCUT2D eigenvalue weighted by Crippen LogP contribution is 2.26. The maximum absolute atomic E-state index is 11.3. The van der Waals surface area contributed by atoms with Crippen LogP contribution >= 0.6 is 0 Å². The zero-order chi connectivity index (χ0) is 12.2. The van der Waals surface area contributed by atoms with Crippen LogP contribution < -0.4 is 11.1 Å². The minimum atomic E-state index is -0.114. The van der Waals surface area contributed by atoms with Crippen molar-refractivity contribution in [2.45, 2.75) is 32.2 Å². The SMILES string of the molecule is CC(NC(=O)CN)C(C)(C)c1ccccc1. The molecule has 0 spiro atoms. The van der Waals surface area contributed by atoms with Crippen LogP contribution in [0.5, 0.6) is 0 Å². The van der Waals surface area contributed by atoms with E-state index in [1.54, 1.807) is 0 Å². The van der Waals surface area contributed by atoms with Gasteiger partial charge in [0.25, 0.3) is 0 Å². The first-order valence-electron chi connectivity index (χ1n) is 5.53. The summed E-state index contributed by atoms with van der Waals surface area (Å²) >= 11 is 0. The van der Waals surface area contributed by atoms with Crippen molar-refractivity contribution in [3.05, 3.63) is 35.9 Å². The average Bonchev–Trinajstić information content (AvgIpc) is 2.29. The highest BCUT2D eigenvalue weighted by Gasteiger charge is 2.28. The molecule has 1 aromatic carbocycles. The second-order valence-corrected chi connectivity index (χ2v) is 4.58. The van der Waals surface area contributed by atoms with E-state index in [1.807, 2.05) is 25.1 Å². The van der Waals surface area contributed by atoms with Crippen molar-refractivity contribution >= 4 is 5.91 Å². The van der Waals surface area contributed by atoms with Crippen LogP contribution in [-0.4, -0.2) is 18.5 Å². The highest BCUT2D eigenvalue weighted by molar-refractivity contribution is 5.78. The Balaban J connectivity index is 2.81. The molecule has 0 heterocycles. The van der Waals surface area contributed by atoms with Crippen molar-refractivity contribution in [1.29, 1.82) is 0 Å². The molecule has 0 aromatic heterocycles. The lowest BCUT2D eigenvalue weighted by atomic mass is 9.78. The minimum absolute atomic E-state index is 0.0369. The lowest BCUT2D eigenvalue weighted by molar-refractivity contribution is -0.120. The molecular formula is C13H20N2O. The van der Waals surface area contributed by atoms with Gasteiger partial charge in [-0.25, -0.2) is 0 Å². The van der Waals surface area contributed by atoms with E-state index in [0.717, 1.165) is 0 Å². The van der Waals surface area contributed by atoms with Gasteiger partial charge in [0.1, 0.15) is 0 Å². The Morgan fingerprint density at radius 2 is 1.94 bits per heavy atom. The van der Waals surface area contributed by atoms with E-state index in [-0.39, 0.29) is 23.9 Å². The average molecular weight is 220 g/mol. The molecule has 0 aliphatic carbocycles. The normalized spacial score (nSPS) is 13.2. The van der Waals surface area contributed by atoms with Gasteiger partial charge in [-0.1, -0.05) is 44.2 Å². The molecule has 3 heteroatoms. The van der Waals surface area contributed by atoms with Gasteiger partial charge in [-0.15, -0.1) is 0 Å². The first-order chi connectivity index (χ1) is 7.48. The Morgan fingerprint density at radius 3 is 2.44 bits per heavy atom. The summed E-state index contributed by atoms with van der Waals surface area (Å²) < 4.78 is 0. The van der Waals surface area contributed by atoms with E-state index >= 15 is 0 Å². The summed E-state index contributed by atoms with van der Waals surface area (Å²) in [7, 11) is 0. The molecule has 3 N–H and O–H groups in total. The molecule has 0 aliphatic heterocycles. The second kappa shape index (κ2) is 5.12. The van der Waals surface area contributed by atoms with Gasteiger partial charge >= 0.3 is 0 Å². The van der Waals surface area contributed by atoms with E-state index in [0.29, 0.717) is 0 Å². The molecule has 0 fully saturated rings. The molecule has 0 radical (unpaired) electrons. The van der Waals surface area contributed by atoms with Crippen molar-refractivity contribution < 1.29 is 4.79 Å². The van der Waals surface area contributed by atoms with Crippen LogP contribution in [0.4, 0.5) is 0 Å². The predicted molar refractivity (Wildman–Crippen MR) is 66.1 cm³/mol. The van der Waals surface area contributed by atoms with Crippen molar-refractivity contribution in [1.82, 2.24) is 5.32 Å². The van der Waals surface area contributed by atoms with Crippen LogP contribution in [0.1, 0.15) is 26.3 Å². The summed E-state index contributed by atoms with van der Waals surface area (Å²) in [6.45, 7) is 6.27. The predicted octanol–water partition coefficient (Wildman–Crippen LogP) is 1.43. The molecule has 0 aliphatic rings. The fourth-order valence-electron chi connectivity index (χ4n) is 1.60. The minimum Gasteiger partial charge on any atom is -0.352 e. The van der Waals surface area contributed by atoms with Crippen molar-refractivity contribution in [2.75, 3.05) is 6.54 Å². The summed E-state index contributed by atoms with van der Waals surface area (Å²) in [6, 6.07) is 10.2. The third-order valence-corrected chi connectivity index (χ3v) is 3.16. The van der Waals surface area contributed by atoms with Crippen LogP contribution in [0.2, 0.25) is 0 Å². The maximum Gasteiger partial charge on any atom is 0.233 e. The zero-order valence-electron chi connectivity index (χ0n) is 10.2. The number of benzene rings is 1. The lowest BCUT2D eigenvalue weighted by Crippen LogP contribution is -2.47. The summed E-state index contributed by atoms with van der Waals surface area (Å²) in [5.74, 6) is -0.114. The maximum atomic E-state index is 11.3. The first-order valence-corrected chi connectivity index (χ1v) is 5.53. The number of nitrogens with two attached hydrogens (primary N) is 1. The molecule has 88 valence electrons. The van der Waals surface area contributed by atoms with Gasteiger partial charge in [-0.05, 0) is 12.5 Å². The first kappa shape index (κ1) is 12.7. The van der Waals surface area contributed by atoms with Crippen LogP contribution in [0, 0.1) is 0 Å². The second-order valence-electron chi connectivity index (χ2n) is 4.58. The Morgan fingerprint density at radius 1 is 1.38 bits per heavy atom. The summed E-state index contributed by atoms with van der Waals surface area (Å²) in [5.41, 5.74) is 6.39. The fraction of sp³-hybridized carbons (Fsp3) is 0.462. The van der Waals surface area contributed by atoms with Gasteiger partial charge in [0.15, 0.2) is 0 Å². The molecule has 1 amide bonds. The van der Waals surface area contributed by atoms with Crippen LogP contribution in [0.15, 0.2) is 30.3 Å². The number of hydrogen-bond acceptors (Lipinski definition) is 2. The third kappa shape index (κ3) is 2.83. The molecular weight excluding hydrogens is 200 g/mol. The number of amides is 1. The summed E-state index contributed by atoms with van der Waals surface area (Å²) in [4.78, 5) is 11.3. The van der Waals surface area contributed by atoms with Crippen molar-refractivity contribution in [3.63, 3.8) is 0 Å². The quantitative estimate of drug-likeness (QED) is 0.806. The van der Waals surface area contributed by atoms with E-state index in [2.05, 4.69) is 31.3 Å². The van der Waals surface area contributed by atoms with Crippen LogP contribution in [0.3, 0.4) is 0 Å². The Labute approximate surface area is 97.0 Å². The van der Waals surface area contributed by atoms with E-state index < -0.39 is 0 Å². The monoisotopic (exact) mass is 220 g/mol. The lowest BCUT2D eigenvalue weighted by Gasteiger charge is -2.33. The van der Waals surface area contributed by atoms with Crippen LogP contribution in [-0.2, 0) is 10.2 Å². The molecule has 1 atom stereocenters. The number of rotatable bonds is 4. The topological polar surface area (TPSA) is 55.1 Å². The molecule has 0 saturated heterocycles. The van der Waals surface area contributed by atoms with Crippen molar-refractivity contribution in [2.24, 2.45) is 5.73 Å². The van der Waals surface area contributed by atoms with E-state index in [9.17, 15) is 4.79 Å². The van der Waals surface area contributed by atoms with Gasteiger partial charge in [-0.2, -0.15) is 0 Å². The fourth-order valence-corrected chi connectivity index (χ4v) is 1.60. The summed E-state index contributed by atoms with van der Waals surface area (Å²) in [5, 5.41) is 2.90. The molecule has 1 aromatic rings. The number of hydrogen-bond donors (Lipinski definition) is 2. The Kier molecular flexibility index (Phi) is 4.07. The molecule has 0 saturated carbocycles.